The van der Waals surface area contributed by atoms with Gasteiger partial charge in [-0.2, -0.15) is 0 Å². The number of rotatable bonds is 1. The van der Waals surface area contributed by atoms with Crippen LogP contribution in [0.25, 0.3) is 0 Å². The third-order valence-electron chi connectivity index (χ3n) is 3.18. The third-order valence-corrected chi connectivity index (χ3v) is 3.18. The summed E-state index contributed by atoms with van der Waals surface area (Å²) < 4.78 is 0. The number of urea groups is 1. The molecule has 2 aliphatic rings. The summed E-state index contributed by atoms with van der Waals surface area (Å²) in [6.07, 6.45) is 0. The molecule has 1 unspecified atom stereocenters. The minimum Gasteiger partial charge on any atom is -0.333 e. The van der Waals surface area contributed by atoms with Crippen LogP contribution in [0.4, 0.5) is 4.79 Å². The van der Waals surface area contributed by atoms with Crippen LogP contribution in [0.1, 0.15) is 20.8 Å². The van der Waals surface area contributed by atoms with Crippen LogP contribution in [0.2, 0.25) is 0 Å². The van der Waals surface area contributed by atoms with Gasteiger partial charge in [-0.05, 0) is 5.41 Å². The SMILES string of the molecule is CC(C)(C)C1CN(C2CNC2)C(=O)N1. The van der Waals surface area contributed by atoms with Crippen molar-refractivity contribution in [1.82, 2.24) is 15.5 Å². The van der Waals surface area contributed by atoms with Crippen molar-refractivity contribution in [3.63, 3.8) is 0 Å². The van der Waals surface area contributed by atoms with E-state index in [4.69, 9.17) is 0 Å². The lowest BCUT2D eigenvalue weighted by molar-refractivity contribution is 0.168. The van der Waals surface area contributed by atoms with Crippen LogP contribution in [0.5, 0.6) is 0 Å². The third kappa shape index (κ3) is 1.59. The van der Waals surface area contributed by atoms with Crippen molar-refractivity contribution >= 4 is 6.03 Å². The molecule has 2 aliphatic heterocycles. The Hall–Kier alpha value is -0.770. The van der Waals surface area contributed by atoms with Crippen molar-refractivity contribution in [3.05, 3.63) is 0 Å². The Bertz CT molecular complexity index is 242. The second-order valence-corrected chi connectivity index (χ2v) is 5.33. The molecular formula is C10H19N3O. The Labute approximate surface area is 85.0 Å². The topological polar surface area (TPSA) is 44.4 Å². The van der Waals surface area contributed by atoms with E-state index in [1.54, 1.807) is 0 Å². The molecule has 0 aromatic carbocycles. The fourth-order valence-electron chi connectivity index (χ4n) is 1.86. The van der Waals surface area contributed by atoms with Crippen LogP contribution < -0.4 is 10.6 Å². The normalized spacial score (nSPS) is 28.9. The predicted octanol–water partition coefficient (Wildman–Crippen LogP) is 0.398. The molecule has 14 heavy (non-hydrogen) atoms. The highest BCUT2D eigenvalue weighted by Crippen LogP contribution is 2.25. The second kappa shape index (κ2) is 3.12. The van der Waals surface area contributed by atoms with Gasteiger partial charge in [-0.15, -0.1) is 0 Å². The van der Waals surface area contributed by atoms with Crippen LogP contribution in [-0.2, 0) is 0 Å². The molecule has 2 rings (SSSR count). The minimum absolute atomic E-state index is 0.108. The van der Waals surface area contributed by atoms with Crippen LogP contribution in [0, 0.1) is 5.41 Å². The maximum atomic E-state index is 11.7. The number of nitrogens with zero attached hydrogens (tertiary/aromatic N) is 1. The van der Waals surface area contributed by atoms with Crippen molar-refractivity contribution in [2.45, 2.75) is 32.9 Å². The van der Waals surface area contributed by atoms with Gasteiger partial charge in [0, 0.05) is 19.6 Å². The molecule has 2 fully saturated rings. The maximum Gasteiger partial charge on any atom is 0.318 e. The lowest BCUT2D eigenvalue weighted by atomic mass is 9.87. The smallest absolute Gasteiger partial charge is 0.318 e. The minimum atomic E-state index is 0.108. The first kappa shape index (κ1) is 9.77. The summed E-state index contributed by atoms with van der Waals surface area (Å²) in [6, 6.07) is 0.814. The fraction of sp³-hybridized carbons (Fsp3) is 0.900. The summed E-state index contributed by atoms with van der Waals surface area (Å²) in [7, 11) is 0. The first-order chi connectivity index (χ1) is 6.48. The van der Waals surface area contributed by atoms with Crippen molar-refractivity contribution < 1.29 is 4.79 Å². The van der Waals surface area contributed by atoms with Gasteiger partial charge < -0.3 is 15.5 Å². The van der Waals surface area contributed by atoms with E-state index in [-0.39, 0.29) is 17.5 Å². The zero-order valence-electron chi connectivity index (χ0n) is 9.13. The van der Waals surface area contributed by atoms with E-state index in [1.165, 1.54) is 0 Å². The van der Waals surface area contributed by atoms with E-state index < -0.39 is 0 Å². The molecule has 1 atom stereocenters. The van der Waals surface area contributed by atoms with Gasteiger partial charge in [0.15, 0.2) is 0 Å². The lowest BCUT2D eigenvalue weighted by Gasteiger charge is -2.35. The number of nitrogens with one attached hydrogen (secondary N) is 2. The summed E-state index contributed by atoms with van der Waals surface area (Å²) in [5, 5.41) is 6.24. The first-order valence-electron chi connectivity index (χ1n) is 5.26. The van der Waals surface area contributed by atoms with Gasteiger partial charge in [0.05, 0.1) is 12.1 Å². The van der Waals surface area contributed by atoms with Crippen molar-refractivity contribution in [2.24, 2.45) is 5.41 Å². The molecule has 0 saturated carbocycles. The Morgan fingerprint density at radius 2 is 2.00 bits per heavy atom. The van der Waals surface area contributed by atoms with Gasteiger partial charge >= 0.3 is 6.03 Å². The first-order valence-corrected chi connectivity index (χ1v) is 5.26. The highest BCUT2D eigenvalue weighted by Gasteiger charge is 2.40. The molecule has 0 aromatic rings. The van der Waals surface area contributed by atoms with Gasteiger partial charge in [-0.1, -0.05) is 20.8 Å². The molecule has 0 spiro atoms. The molecule has 0 radical (unpaired) electrons. The summed E-state index contributed by atoms with van der Waals surface area (Å²) in [5.41, 5.74) is 0.154. The summed E-state index contributed by atoms with van der Waals surface area (Å²) in [4.78, 5) is 13.6. The lowest BCUT2D eigenvalue weighted by Crippen LogP contribution is -2.58. The maximum absolute atomic E-state index is 11.7. The van der Waals surface area contributed by atoms with Crippen molar-refractivity contribution in [2.75, 3.05) is 19.6 Å². The molecule has 2 saturated heterocycles. The summed E-state index contributed by atoms with van der Waals surface area (Å²) in [5.74, 6) is 0. The van der Waals surface area contributed by atoms with E-state index in [0.29, 0.717) is 6.04 Å². The van der Waals surface area contributed by atoms with E-state index in [9.17, 15) is 4.79 Å². The molecule has 0 bridgehead atoms. The summed E-state index contributed by atoms with van der Waals surface area (Å²) >= 11 is 0. The molecule has 4 heteroatoms. The Balaban J connectivity index is 1.99. The van der Waals surface area contributed by atoms with Gasteiger partial charge in [0.1, 0.15) is 0 Å². The van der Waals surface area contributed by atoms with Crippen molar-refractivity contribution in [3.8, 4) is 0 Å². The average molecular weight is 197 g/mol. The second-order valence-electron chi connectivity index (χ2n) is 5.33. The average Bonchev–Trinajstić information content (AvgIpc) is 2.28. The zero-order chi connectivity index (χ0) is 10.3. The zero-order valence-corrected chi connectivity index (χ0v) is 9.13. The molecule has 0 aliphatic carbocycles. The molecule has 80 valence electrons. The number of hydrogen-bond donors (Lipinski definition) is 2. The highest BCUT2D eigenvalue weighted by molar-refractivity contribution is 5.77. The van der Waals surface area contributed by atoms with Gasteiger partial charge in [0.25, 0.3) is 0 Å². The van der Waals surface area contributed by atoms with Crippen LogP contribution in [-0.4, -0.2) is 42.6 Å². The summed E-state index contributed by atoms with van der Waals surface area (Å²) in [6.45, 7) is 9.25. The molecule has 4 nitrogen and oxygen atoms in total. The van der Waals surface area contributed by atoms with E-state index in [0.717, 1.165) is 19.6 Å². The van der Waals surface area contributed by atoms with Gasteiger partial charge in [-0.3, -0.25) is 0 Å². The fourth-order valence-corrected chi connectivity index (χ4v) is 1.86. The number of carbonyl (C=O) groups is 1. The van der Waals surface area contributed by atoms with E-state index >= 15 is 0 Å². The van der Waals surface area contributed by atoms with Crippen LogP contribution in [0.3, 0.4) is 0 Å². The van der Waals surface area contributed by atoms with E-state index in [2.05, 4.69) is 31.4 Å². The monoisotopic (exact) mass is 197 g/mol. The Morgan fingerprint density at radius 3 is 2.36 bits per heavy atom. The van der Waals surface area contributed by atoms with Crippen molar-refractivity contribution in [1.29, 1.82) is 0 Å². The molecule has 2 heterocycles. The van der Waals surface area contributed by atoms with Gasteiger partial charge in [0.2, 0.25) is 0 Å². The molecule has 2 amide bonds. The molecule has 0 aromatic heterocycles. The quantitative estimate of drug-likeness (QED) is 0.639. The standard InChI is InChI=1S/C10H19N3O/c1-10(2,3)8-6-13(9(14)12-8)7-4-11-5-7/h7-8,11H,4-6H2,1-3H3,(H,12,14). The molecular weight excluding hydrogens is 178 g/mol. The number of amides is 2. The molecule has 2 N–H and O–H groups in total. The van der Waals surface area contributed by atoms with Gasteiger partial charge in [-0.25, -0.2) is 4.79 Å². The predicted molar refractivity (Wildman–Crippen MR) is 55.1 cm³/mol. The van der Waals surface area contributed by atoms with E-state index in [1.807, 2.05) is 4.90 Å². The van der Waals surface area contributed by atoms with Crippen LogP contribution >= 0.6 is 0 Å². The number of carbonyl (C=O) groups excluding carboxylic acids is 1. The number of hydrogen-bond acceptors (Lipinski definition) is 2. The Kier molecular flexibility index (Phi) is 2.18. The van der Waals surface area contributed by atoms with Crippen LogP contribution in [0.15, 0.2) is 0 Å². The Morgan fingerprint density at radius 1 is 1.36 bits per heavy atom. The largest absolute Gasteiger partial charge is 0.333 e. The highest BCUT2D eigenvalue weighted by atomic mass is 16.2.